The lowest BCUT2D eigenvalue weighted by Crippen LogP contribution is -2.53. The number of nitrogens with zero attached hydrogens (tertiary/aromatic N) is 1. The zero-order valence-electron chi connectivity index (χ0n) is 10.4. The fourth-order valence-corrected chi connectivity index (χ4v) is 2.98. The van der Waals surface area contributed by atoms with Crippen LogP contribution in [-0.2, 0) is 4.79 Å². The Labute approximate surface area is 98.6 Å². The highest BCUT2D eigenvalue weighted by atomic mass is 16.2. The highest BCUT2D eigenvalue weighted by molar-refractivity contribution is 5.82. The van der Waals surface area contributed by atoms with Crippen LogP contribution in [0.5, 0.6) is 0 Å². The van der Waals surface area contributed by atoms with Gasteiger partial charge in [0.2, 0.25) is 5.91 Å². The minimum Gasteiger partial charge on any atom is -0.338 e. The van der Waals surface area contributed by atoms with Gasteiger partial charge in [-0.3, -0.25) is 4.79 Å². The molecule has 2 atom stereocenters. The molecule has 92 valence electrons. The summed E-state index contributed by atoms with van der Waals surface area (Å²) in [7, 11) is 0. The van der Waals surface area contributed by atoms with E-state index in [4.69, 9.17) is 0 Å². The third-order valence-electron chi connectivity index (χ3n) is 3.99. The molecule has 2 fully saturated rings. The summed E-state index contributed by atoms with van der Waals surface area (Å²) in [6, 6.07) is 0.617. The highest BCUT2D eigenvalue weighted by Gasteiger charge is 2.30. The molecule has 3 heteroatoms. The van der Waals surface area contributed by atoms with Crippen molar-refractivity contribution in [1.82, 2.24) is 10.2 Å². The second kappa shape index (κ2) is 5.67. The number of carbonyl (C=O) groups excluding carboxylic acids is 1. The van der Waals surface area contributed by atoms with Crippen LogP contribution in [0.4, 0.5) is 0 Å². The molecule has 1 N–H and O–H groups in total. The number of carbonyl (C=O) groups is 1. The van der Waals surface area contributed by atoms with Gasteiger partial charge in [0.25, 0.3) is 0 Å². The average molecular weight is 224 g/mol. The second-order valence-electron chi connectivity index (χ2n) is 5.09. The topological polar surface area (TPSA) is 32.3 Å². The first-order valence-electron chi connectivity index (χ1n) is 6.86. The van der Waals surface area contributed by atoms with Crippen LogP contribution >= 0.6 is 0 Å². The fraction of sp³-hybridized carbons (Fsp3) is 0.923. The molecule has 2 aliphatic rings. The number of amides is 1. The van der Waals surface area contributed by atoms with Gasteiger partial charge in [-0.15, -0.1) is 0 Å². The molecule has 0 aromatic heterocycles. The third kappa shape index (κ3) is 2.57. The Hall–Kier alpha value is -0.570. The van der Waals surface area contributed by atoms with E-state index in [0.29, 0.717) is 11.9 Å². The van der Waals surface area contributed by atoms with E-state index in [9.17, 15) is 4.79 Å². The van der Waals surface area contributed by atoms with Gasteiger partial charge in [-0.2, -0.15) is 0 Å². The van der Waals surface area contributed by atoms with Crippen LogP contribution in [0.2, 0.25) is 0 Å². The van der Waals surface area contributed by atoms with Crippen molar-refractivity contribution in [3.63, 3.8) is 0 Å². The predicted molar refractivity (Wildman–Crippen MR) is 65.3 cm³/mol. The number of likely N-dealkylation sites (tertiary alicyclic amines) is 1. The van der Waals surface area contributed by atoms with Gasteiger partial charge in [0.05, 0.1) is 6.04 Å². The van der Waals surface area contributed by atoms with Crippen LogP contribution < -0.4 is 5.32 Å². The molecule has 2 saturated heterocycles. The standard InChI is InChI=1S/C13H24N2O/c1-2-11-7-4-6-10-15(11)13(16)12-8-3-5-9-14-12/h11-12,14H,2-10H2,1H3/t11-,12-/m1/s1. The molecule has 3 nitrogen and oxygen atoms in total. The molecule has 0 spiro atoms. The summed E-state index contributed by atoms with van der Waals surface area (Å²) in [5.74, 6) is 0.367. The van der Waals surface area contributed by atoms with Gasteiger partial charge in [-0.25, -0.2) is 0 Å². The molecule has 0 aromatic rings. The first kappa shape index (κ1) is 11.9. The largest absolute Gasteiger partial charge is 0.338 e. The maximum atomic E-state index is 12.4. The average Bonchev–Trinajstić information content (AvgIpc) is 2.39. The van der Waals surface area contributed by atoms with Crippen molar-refractivity contribution < 1.29 is 4.79 Å². The summed E-state index contributed by atoms with van der Waals surface area (Å²) in [6.45, 7) is 4.20. The van der Waals surface area contributed by atoms with Crippen LogP contribution in [0, 0.1) is 0 Å². The molecular formula is C13H24N2O. The summed E-state index contributed by atoms with van der Waals surface area (Å²) in [5.41, 5.74) is 0. The highest BCUT2D eigenvalue weighted by Crippen LogP contribution is 2.21. The van der Waals surface area contributed by atoms with E-state index in [1.54, 1.807) is 0 Å². The van der Waals surface area contributed by atoms with Gasteiger partial charge < -0.3 is 10.2 Å². The summed E-state index contributed by atoms with van der Waals surface area (Å²) in [4.78, 5) is 14.5. The fourth-order valence-electron chi connectivity index (χ4n) is 2.98. The van der Waals surface area contributed by atoms with Gasteiger partial charge in [-0.1, -0.05) is 13.3 Å². The van der Waals surface area contributed by atoms with Crippen LogP contribution in [0.15, 0.2) is 0 Å². The van der Waals surface area contributed by atoms with E-state index < -0.39 is 0 Å². The van der Waals surface area contributed by atoms with Crippen molar-refractivity contribution in [3.8, 4) is 0 Å². The monoisotopic (exact) mass is 224 g/mol. The molecule has 2 rings (SSSR count). The lowest BCUT2D eigenvalue weighted by Gasteiger charge is -2.38. The van der Waals surface area contributed by atoms with Gasteiger partial charge in [-0.05, 0) is 45.1 Å². The van der Waals surface area contributed by atoms with Crippen LogP contribution in [-0.4, -0.2) is 36.0 Å². The molecule has 1 amide bonds. The molecule has 0 radical (unpaired) electrons. The van der Waals surface area contributed by atoms with Crippen molar-refractivity contribution in [1.29, 1.82) is 0 Å². The lowest BCUT2D eigenvalue weighted by molar-refractivity contribution is -0.137. The smallest absolute Gasteiger partial charge is 0.239 e. The van der Waals surface area contributed by atoms with Crippen LogP contribution in [0.3, 0.4) is 0 Å². The van der Waals surface area contributed by atoms with E-state index >= 15 is 0 Å². The summed E-state index contributed by atoms with van der Waals surface area (Å²) >= 11 is 0. The Balaban J connectivity index is 1.95. The summed E-state index contributed by atoms with van der Waals surface area (Å²) in [5, 5.41) is 3.37. The molecule has 0 aliphatic carbocycles. The Morgan fingerprint density at radius 1 is 1.25 bits per heavy atom. The van der Waals surface area contributed by atoms with Gasteiger partial charge in [0.15, 0.2) is 0 Å². The third-order valence-corrected chi connectivity index (χ3v) is 3.99. The molecule has 2 heterocycles. The maximum Gasteiger partial charge on any atom is 0.239 e. The molecule has 0 saturated carbocycles. The van der Waals surface area contributed by atoms with E-state index in [0.717, 1.165) is 25.9 Å². The molecule has 16 heavy (non-hydrogen) atoms. The van der Waals surface area contributed by atoms with Crippen LogP contribution in [0.1, 0.15) is 51.9 Å². The van der Waals surface area contributed by atoms with E-state index in [1.807, 2.05) is 0 Å². The summed E-state index contributed by atoms with van der Waals surface area (Å²) < 4.78 is 0. The Morgan fingerprint density at radius 2 is 2.06 bits per heavy atom. The van der Waals surface area contributed by atoms with E-state index in [-0.39, 0.29) is 6.04 Å². The van der Waals surface area contributed by atoms with Crippen molar-refractivity contribution in [2.24, 2.45) is 0 Å². The minimum atomic E-state index is 0.112. The van der Waals surface area contributed by atoms with Crippen molar-refractivity contribution in [2.75, 3.05) is 13.1 Å². The maximum absolute atomic E-state index is 12.4. The van der Waals surface area contributed by atoms with Gasteiger partial charge in [0.1, 0.15) is 0 Å². The van der Waals surface area contributed by atoms with Crippen molar-refractivity contribution >= 4 is 5.91 Å². The normalized spacial score (nSPS) is 31.4. The molecular weight excluding hydrogens is 200 g/mol. The predicted octanol–water partition coefficient (Wildman–Crippen LogP) is 1.92. The van der Waals surface area contributed by atoms with Gasteiger partial charge in [0, 0.05) is 12.6 Å². The number of rotatable bonds is 2. The Bertz CT molecular complexity index is 236. The van der Waals surface area contributed by atoms with Crippen molar-refractivity contribution in [3.05, 3.63) is 0 Å². The Morgan fingerprint density at radius 3 is 2.75 bits per heavy atom. The zero-order valence-corrected chi connectivity index (χ0v) is 10.4. The lowest BCUT2D eigenvalue weighted by atomic mass is 9.97. The first-order valence-corrected chi connectivity index (χ1v) is 6.86. The SMILES string of the molecule is CC[C@@H]1CCCCN1C(=O)[C@H]1CCCCN1. The zero-order chi connectivity index (χ0) is 11.4. The minimum absolute atomic E-state index is 0.112. The van der Waals surface area contributed by atoms with Crippen LogP contribution in [0.25, 0.3) is 0 Å². The second-order valence-corrected chi connectivity index (χ2v) is 5.09. The number of hydrogen-bond donors (Lipinski definition) is 1. The van der Waals surface area contributed by atoms with Gasteiger partial charge >= 0.3 is 0 Å². The molecule has 0 bridgehead atoms. The number of nitrogens with one attached hydrogen (secondary N) is 1. The van der Waals surface area contributed by atoms with E-state index in [1.165, 1.54) is 32.1 Å². The molecule has 0 unspecified atom stereocenters. The van der Waals surface area contributed by atoms with E-state index in [2.05, 4.69) is 17.1 Å². The van der Waals surface area contributed by atoms with Crippen molar-refractivity contribution in [2.45, 2.75) is 64.0 Å². The number of piperidine rings is 2. The number of hydrogen-bond acceptors (Lipinski definition) is 2. The quantitative estimate of drug-likeness (QED) is 0.777. The Kier molecular flexibility index (Phi) is 4.22. The molecule has 2 aliphatic heterocycles. The first-order chi connectivity index (χ1) is 7.83. The molecule has 0 aromatic carbocycles. The summed E-state index contributed by atoms with van der Waals surface area (Å²) in [6.07, 6.45) is 8.25.